The van der Waals surface area contributed by atoms with Crippen molar-refractivity contribution in [2.45, 2.75) is 18.9 Å². The van der Waals surface area contributed by atoms with E-state index in [2.05, 4.69) is 10.6 Å². The van der Waals surface area contributed by atoms with Crippen molar-refractivity contribution in [2.75, 3.05) is 31.7 Å². The Bertz CT molecular complexity index is 422. The van der Waals surface area contributed by atoms with E-state index in [1.807, 2.05) is 36.0 Å². The summed E-state index contributed by atoms with van der Waals surface area (Å²) in [5.41, 5.74) is 1.21. The van der Waals surface area contributed by atoms with E-state index in [0.29, 0.717) is 19.0 Å². The largest absolute Gasteiger partial charge is 0.497 e. The Morgan fingerprint density at radius 2 is 2.19 bits per heavy atom. The maximum Gasteiger partial charge on any atom is 0.221 e. The highest BCUT2D eigenvalue weighted by atomic mass is 35.5. The first-order chi connectivity index (χ1) is 9.78. The lowest BCUT2D eigenvalue weighted by Gasteiger charge is -2.22. The Kier molecular flexibility index (Phi) is 8.57. The molecule has 1 unspecified atom stereocenters. The fourth-order valence-corrected chi connectivity index (χ4v) is 3.13. The van der Waals surface area contributed by atoms with Gasteiger partial charge < -0.3 is 15.4 Å². The summed E-state index contributed by atoms with van der Waals surface area (Å²) in [5, 5.41) is 6.36. The second-order valence-corrected chi connectivity index (χ2v) is 6.03. The molecule has 1 aromatic carbocycles. The van der Waals surface area contributed by atoms with Gasteiger partial charge in [-0.15, -0.1) is 12.4 Å². The number of methoxy groups -OCH3 is 1. The number of carbonyl (C=O) groups excluding carboxylic acids is 1. The lowest BCUT2D eigenvalue weighted by atomic mass is 10.1. The van der Waals surface area contributed by atoms with Crippen LogP contribution in [0.4, 0.5) is 0 Å². The number of nitrogens with one attached hydrogen (secondary N) is 2. The zero-order chi connectivity index (χ0) is 14.2. The van der Waals surface area contributed by atoms with Gasteiger partial charge in [0.1, 0.15) is 5.75 Å². The maximum absolute atomic E-state index is 11.8. The highest BCUT2D eigenvalue weighted by Crippen LogP contribution is 2.12. The number of amides is 1. The van der Waals surface area contributed by atoms with Gasteiger partial charge >= 0.3 is 0 Å². The molecular formula is C15H23ClN2O2S. The molecule has 0 spiro atoms. The van der Waals surface area contributed by atoms with Crippen LogP contribution in [0.1, 0.15) is 12.0 Å². The number of hydrogen-bond acceptors (Lipinski definition) is 4. The molecule has 2 N–H and O–H groups in total. The number of carbonyl (C=O) groups is 1. The van der Waals surface area contributed by atoms with Gasteiger partial charge in [0.25, 0.3) is 0 Å². The molecule has 0 bridgehead atoms. The van der Waals surface area contributed by atoms with Gasteiger partial charge in [0.15, 0.2) is 0 Å². The van der Waals surface area contributed by atoms with Crippen molar-refractivity contribution in [2.24, 2.45) is 0 Å². The molecule has 0 saturated carbocycles. The molecule has 118 valence electrons. The number of thioether (sulfide) groups is 1. The molecule has 2 rings (SSSR count). The second-order valence-electron chi connectivity index (χ2n) is 4.88. The fourth-order valence-electron chi connectivity index (χ4n) is 2.19. The Hall–Kier alpha value is -0.910. The van der Waals surface area contributed by atoms with Crippen LogP contribution in [0.25, 0.3) is 0 Å². The van der Waals surface area contributed by atoms with Crippen LogP contribution in [0.15, 0.2) is 24.3 Å². The quantitative estimate of drug-likeness (QED) is 0.836. The molecule has 6 heteroatoms. The summed E-state index contributed by atoms with van der Waals surface area (Å²) in [7, 11) is 1.66. The van der Waals surface area contributed by atoms with Gasteiger partial charge in [0, 0.05) is 37.1 Å². The van der Waals surface area contributed by atoms with Crippen LogP contribution < -0.4 is 15.4 Å². The SMILES string of the molecule is COc1ccc(CCNC(=O)CC2CSCCN2)cc1.Cl. The molecule has 0 aromatic heterocycles. The fraction of sp³-hybridized carbons (Fsp3) is 0.533. The summed E-state index contributed by atoms with van der Waals surface area (Å²) in [4.78, 5) is 11.8. The molecule has 1 aliphatic rings. The Morgan fingerprint density at radius 3 is 2.81 bits per heavy atom. The second kappa shape index (κ2) is 9.92. The molecule has 1 heterocycles. The minimum atomic E-state index is 0. The molecule has 4 nitrogen and oxygen atoms in total. The number of rotatable bonds is 6. The van der Waals surface area contributed by atoms with Crippen LogP contribution in [0.2, 0.25) is 0 Å². The van der Waals surface area contributed by atoms with E-state index in [1.165, 1.54) is 5.56 Å². The van der Waals surface area contributed by atoms with Crippen molar-refractivity contribution in [3.8, 4) is 5.75 Å². The van der Waals surface area contributed by atoms with E-state index < -0.39 is 0 Å². The van der Waals surface area contributed by atoms with Gasteiger partial charge in [-0.25, -0.2) is 0 Å². The number of ether oxygens (including phenoxy) is 1. The Labute approximate surface area is 136 Å². The summed E-state index contributed by atoms with van der Waals surface area (Å²) >= 11 is 1.91. The molecule has 0 aliphatic carbocycles. The van der Waals surface area contributed by atoms with Crippen LogP contribution in [0.5, 0.6) is 5.75 Å². The van der Waals surface area contributed by atoms with E-state index in [4.69, 9.17) is 4.74 Å². The van der Waals surface area contributed by atoms with E-state index in [0.717, 1.165) is 30.2 Å². The normalized spacial score (nSPS) is 17.7. The molecule has 1 saturated heterocycles. The van der Waals surface area contributed by atoms with Gasteiger partial charge in [-0.3, -0.25) is 4.79 Å². The zero-order valence-electron chi connectivity index (χ0n) is 12.3. The number of benzene rings is 1. The molecule has 0 radical (unpaired) electrons. The molecule has 1 fully saturated rings. The number of hydrogen-bond donors (Lipinski definition) is 2. The molecule has 21 heavy (non-hydrogen) atoms. The smallest absolute Gasteiger partial charge is 0.221 e. The lowest BCUT2D eigenvalue weighted by Crippen LogP contribution is -2.41. The summed E-state index contributed by atoms with van der Waals surface area (Å²) in [6, 6.07) is 8.28. The zero-order valence-corrected chi connectivity index (χ0v) is 13.9. The monoisotopic (exact) mass is 330 g/mol. The van der Waals surface area contributed by atoms with Gasteiger partial charge in [0.2, 0.25) is 5.91 Å². The third kappa shape index (κ3) is 6.59. The van der Waals surface area contributed by atoms with Crippen LogP contribution in [0.3, 0.4) is 0 Å². The third-order valence-corrected chi connectivity index (χ3v) is 4.46. The highest BCUT2D eigenvalue weighted by Gasteiger charge is 2.16. The number of halogens is 1. The summed E-state index contributed by atoms with van der Waals surface area (Å²) < 4.78 is 5.12. The predicted octanol–water partition coefficient (Wildman–Crippen LogP) is 1.87. The minimum Gasteiger partial charge on any atom is -0.497 e. The maximum atomic E-state index is 11.8. The van der Waals surface area contributed by atoms with E-state index >= 15 is 0 Å². The lowest BCUT2D eigenvalue weighted by molar-refractivity contribution is -0.121. The van der Waals surface area contributed by atoms with Crippen molar-refractivity contribution >= 4 is 30.1 Å². The van der Waals surface area contributed by atoms with Crippen molar-refractivity contribution in [1.82, 2.24) is 10.6 Å². The first-order valence-corrected chi connectivity index (χ1v) is 8.14. The van der Waals surface area contributed by atoms with Gasteiger partial charge in [-0.2, -0.15) is 11.8 Å². The van der Waals surface area contributed by atoms with Crippen molar-refractivity contribution in [1.29, 1.82) is 0 Å². The van der Waals surface area contributed by atoms with Gasteiger partial charge in [-0.05, 0) is 24.1 Å². The molecule has 1 amide bonds. The van der Waals surface area contributed by atoms with E-state index in [9.17, 15) is 4.79 Å². The summed E-state index contributed by atoms with van der Waals surface area (Å²) in [6.45, 7) is 1.69. The Morgan fingerprint density at radius 1 is 1.43 bits per heavy atom. The molecule has 1 aliphatic heterocycles. The molecule has 1 atom stereocenters. The predicted molar refractivity (Wildman–Crippen MR) is 90.7 cm³/mol. The minimum absolute atomic E-state index is 0. The Balaban J connectivity index is 0.00000220. The first kappa shape index (κ1) is 18.1. The summed E-state index contributed by atoms with van der Waals surface area (Å²) in [5.74, 6) is 3.18. The average molecular weight is 331 g/mol. The van der Waals surface area contributed by atoms with Crippen LogP contribution in [-0.2, 0) is 11.2 Å². The highest BCUT2D eigenvalue weighted by molar-refractivity contribution is 7.99. The van der Waals surface area contributed by atoms with Gasteiger partial charge in [0.05, 0.1) is 7.11 Å². The van der Waals surface area contributed by atoms with Crippen molar-refractivity contribution < 1.29 is 9.53 Å². The first-order valence-electron chi connectivity index (χ1n) is 6.98. The molecule has 1 aromatic rings. The topological polar surface area (TPSA) is 50.4 Å². The molecular weight excluding hydrogens is 308 g/mol. The standard InChI is InChI=1S/C15H22N2O2S.ClH/c1-19-14-4-2-12(3-5-14)6-7-17-15(18)10-13-11-20-9-8-16-13;/h2-5,13,16H,6-11H2,1H3,(H,17,18);1H. The third-order valence-electron chi connectivity index (χ3n) is 3.33. The van der Waals surface area contributed by atoms with E-state index in [-0.39, 0.29) is 18.3 Å². The van der Waals surface area contributed by atoms with Crippen LogP contribution >= 0.6 is 24.2 Å². The van der Waals surface area contributed by atoms with Gasteiger partial charge in [-0.1, -0.05) is 12.1 Å². The van der Waals surface area contributed by atoms with Crippen LogP contribution in [-0.4, -0.2) is 43.7 Å². The van der Waals surface area contributed by atoms with E-state index in [1.54, 1.807) is 7.11 Å². The van der Waals surface area contributed by atoms with Crippen molar-refractivity contribution in [3.05, 3.63) is 29.8 Å². The van der Waals surface area contributed by atoms with Crippen LogP contribution in [0, 0.1) is 0 Å². The average Bonchev–Trinajstić information content (AvgIpc) is 2.49. The van der Waals surface area contributed by atoms with Crippen molar-refractivity contribution in [3.63, 3.8) is 0 Å². The summed E-state index contributed by atoms with van der Waals surface area (Å²) in [6.07, 6.45) is 1.43.